The van der Waals surface area contributed by atoms with E-state index >= 15 is 0 Å². The first kappa shape index (κ1) is 25.3. The molecule has 0 bridgehead atoms. The Kier molecular flexibility index (Phi) is 5.23. The standard InChI is InChI=1S/C42H29N3O/c1-43-38-24-21-27-11-5-6-14-31(27)41(38)46-42(43)28-19-22-30(23-20-28)45-35-18-10-8-16-33(35)40-37(45)26-25-36-39(40)32-15-7-9-17-34(32)44(36)29-12-3-2-4-13-29/h2-26,42H,1H3. The lowest BCUT2D eigenvalue weighted by molar-refractivity contribution is 0.237. The summed E-state index contributed by atoms with van der Waals surface area (Å²) in [5.74, 6) is 0.954. The third-order valence-corrected chi connectivity index (χ3v) is 9.74. The van der Waals surface area contributed by atoms with Crippen molar-refractivity contribution in [2.75, 3.05) is 11.9 Å². The first-order valence-corrected chi connectivity index (χ1v) is 15.8. The molecule has 0 N–H and O–H groups in total. The van der Waals surface area contributed by atoms with E-state index in [4.69, 9.17) is 4.74 Å². The lowest BCUT2D eigenvalue weighted by atomic mass is 10.1. The van der Waals surface area contributed by atoms with Gasteiger partial charge in [-0.2, -0.15) is 0 Å². The first-order valence-electron chi connectivity index (χ1n) is 15.8. The Labute approximate surface area is 265 Å². The third-order valence-electron chi connectivity index (χ3n) is 9.74. The molecule has 1 unspecified atom stereocenters. The Morgan fingerprint density at radius 2 is 1.00 bits per heavy atom. The molecule has 3 heterocycles. The minimum Gasteiger partial charge on any atom is -0.463 e. The number of hydrogen-bond donors (Lipinski definition) is 0. The van der Waals surface area contributed by atoms with E-state index in [1.165, 1.54) is 54.7 Å². The van der Waals surface area contributed by atoms with Gasteiger partial charge in [-0.05, 0) is 60.0 Å². The van der Waals surface area contributed by atoms with Crippen LogP contribution in [0.3, 0.4) is 0 Å². The van der Waals surface area contributed by atoms with Gasteiger partial charge in [0.1, 0.15) is 0 Å². The zero-order chi connectivity index (χ0) is 30.4. The monoisotopic (exact) mass is 591 g/mol. The SMILES string of the molecule is CN1c2ccc3ccccc3c2OC1c1ccc(-n2c3ccccc3c3c4c5ccccc5n(-c5ccccc5)c4ccc32)cc1. The van der Waals surface area contributed by atoms with Gasteiger partial charge in [0.05, 0.1) is 27.8 Å². The molecular weight excluding hydrogens is 562 g/mol. The van der Waals surface area contributed by atoms with E-state index in [0.717, 1.165) is 28.1 Å². The zero-order valence-corrected chi connectivity index (χ0v) is 25.3. The van der Waals surface area contributed by atoms with Crippen LogP contribution in [0.15, 0.2) is 152 Å². The molecule has 1 atom stereocenters. The minimum atomic E-state index is -0.184. The highest BCUT2D eigenvalue weighted by Crippen LogP contribution is 2.47. The van der Waals surface area contributed by atoms with Crippen LogP contribution >= 0.6 is 0 Å². The average molecular weight is 592 g/mol. The van der Waals surface area contributed by atoms with E-state index in [-0.39, 0.29) is 6.23 Å². The fraction of sp³-hybridized carbons (Fsp3) is 0.0476. The maximum Gasteiger partial charge on any atom is 0.198 e. The molecule has 0 spiro atoms. The summed E-state index contributed by atoms with van der Waals surface area (Å²) in [6, 6.07) is 54.5. The summed E-state index contributed by atoms with van der Waals surface area (Å²) < 4.78 is 11.4. The smallest absolute Gasteiger partial charge is 0.198 e. The van der Waals surface area contributed by atoms with E-state index in [0.29, 0.717) is 0 Å². The van der Waals surface area contributed by atoms with E-state index in [1.54, 1.807) is 0 Å². The Bertz CT molecular complexity index is 2630. The second-order valence-electron chi connectivity index (χ2n) is 12.2. The lowest BCUT2D eigenvalue weighted by Gasteiger charge is -2.21. The van der Waals surface area contributed by atoms with Gasteiger partial charge in [-0.1, -0.05) is 97.1 Å². The molecule has 0 amide bonds. The van der Waals surface area contributed by atoms with Gasteiger partial charge in [0.15, 0.2) is 12.0 Å². The van der Waals surface area contributed by atoms with Crippen molar-refractivity contribution in [2.45, 2.75) is 6.23 Å². The van der Waals surface area contributed by atoms with Gasteiger partial charge in [0, 0.05) is 50.9 Å². The number of nitrogens with zero attached hydrogens (tertiary/aromatic N) is 3. The lowest BCUT2D eigenvalue weighted by Crippen LogP contribution is -2.22. The molecule has 0 aliphatic carbocycles. The summed E-state index contributed by atoms with van der Waals surface area (Å²) in [6.07, 6.45) is -0.184. The number of aromatic nitrogens is 2. The topological polar surface area (TPSA) is 22.3 Å². The average Bonchev–Trinajstić information content (AvgIpc) is 3.76. The molecule has 2 aromatic heterocycles. The highest BCUT2D eigenvalue weighted by atomic mass is 16.5. The number of para-hydroxylation sites is 3. The fourth-order valence-corrected chi connectivity index (χ4v) is 7.68. The Morgan fingerprint density at radius 1 is 0.457 bits per heavy atom. The molecule has 9 aromatic rings. The normalized spacial score (nSPS) is 14.5. The molecular formula is C42H29N3O. The van der Waals surface area contributed by atoms with Crippen LogP contribution in [-0.2, 0) is 0 Å². The van der Waals surface area contributed by atoms with Crippen LogP contribution < -0.4 is 9.64 Å². The molecule has 0 saturated heterocycles. The Hall–Kier alpha value is -6.00. The largest absolute Gasteiger partial charge is 0.463 e. The highest BCUT2D eigenvalue weighted by Gasteiger charge is 2.31. The van der Waals surface area contributed by atoms with Gasteiger partial charge >= 0.3 is 0 Å². The Morgan fingerprint density at radius 3 is 1.65 bits per heavy atom. The quantitative estimate of drug-likeness (QED) is 0.204. The molecule has 10 rings (SSSR count). The molecule has 0 saturated carbocycles. The number of anilines is 1. The van der Waals surface area contributed by atoms with Crippen molar-refractivity contribution in [1.82, 2.24) is 9.13 Å². The van der Waals surface area contributed by atoms with E-state index < -0.39 is 0 Å². The van der Waals surface area contributed by atoms with Crippen LogP contribution in [0.4, 0.5) is 5.69 Å². The minimum absolute atomic E-state index is 0.184. The van der Waals surface area contributed by atoms with Crippen LogP contribution in [0.25, 0.3) is 65.8 Å². The van der Waals surface area contributed by atoms with Crippen molar-refractivity contribution in [3.05, 3.63) is 157 Å². The number of fused-ring (bicyclic) bond motifs is 10. The maximum atomic E-state index is 6.63. The summed E-state index contributed by atoms with van der Waals surface area (Å²) in [7, 11) is 2.11. The van der Waals surface area contributed by atoms with Gasteiger partial charge in [0.25, 0.3) is 0 Å². The highest BCUT2D eigenvalue weighted by molar-refractivity contribution is 6.28. The molecule has 0 radical (unpaired) electrons. The van der Waals surface area contributed by atoms with E-state index in [1.807, 2.05) is 0 Å². The van der Waals surface area contributed by atoms with Crippen LogP contribution in [0, 0.1) is 0 Å². The molecule has 46 heavy (non-hydrogen) atoms. The number of rotatable bonds is 3. The molecule has 1 aliphatic rings. The van der Waals surface area contributed by atoms with Gasteiger partial charge < -0.3 is 18.8 Å². The van der Waals surface area contributed by atoms with Crippen LogP contribution in [0.1, 0.15) is 11.8 Å². The molecule has 1 aliphatic heterocycles. The van der Waals surface area contributed by atoms with Crippen molar-refractivity contribution >= 4 is 60.1 Å². The van der Waals surface area contributed by atoms with Crippen LogP contribution in [-0.4, -0.2) is 16.2 Å². The predicted molar refractivity (Wildman–Crippen MR) is 191 cm³/mol. The summed E-state index contributed by atoms with van der Waals surface area (Å²) in [5, 5.41) is 7.43. The van der Waals surface area contributed by atoms with E-state index in [2.05, 4.69) is 173 Å². The number of hydrogen-bond acceptors (Lipinski definition) is 2. The van der Waals surface area contributed by atoms with Crippen LogP contribution in [0.2, 0.25) is 0 Å². The van der Waals surface area contributed by atoms with Gasteiger partial charge in [0.2, 0.25) is 0 Å². The maximum absolute atomic E-state index is 6.63. The van der Waals surface area contributed by atoms with Crippen molar-refractivity contribution in [2.24, 2.45) is 0 Å². The second-order valence-corrected chi connectivity index (χ2v) is 12.2. The Balaban J connectivity index is 1.15. The van der Waals surface area contributed by atoms with E-state index in [9.17, 15) is 0 Å². The summed E-state index contributed by atoms with van der Waals surface area (Å²) in [6.45, 7) is 0. The molecule has 7 aromatic carbocycles. The number of ether oxygens (including phenoxy) is 1. The van der Waals surface area contributed by atoms with Crippen molar-refractivity contribution in [3.63, 3.8) is 0 Å². The zero-order valence-electron chi connectivity index (χ0n) is 25.3. The molecule has 218 valence electrons. The van der Waals surface area contributed by atoms with Crippen molar-refractivity contribution in [1.29, 1.82) is 0 Å². The van der Waals surface area contributed by atoms with Crippen molar-refractivity contribution < 1.29 is 4.74 Å². The first-order chi connectivity index (χ1) is 22.8. The fourth-order valence-electron chi connectivity index (χ4n) is 7.68. The summed E-state index contributed by atoms with van der Waals surface area (Å²) >= 11 is 0. The van der Waals surface area contributed by atoms with Gasteiger partial charge in [-0.15, -0.1) is 0 Å². The molecule has 4 heteroatoms. The summed E-state index contributed by atoms with van der Waals surface area (Å²) in [4.78, 5) is 2.23. The molecule has 4 nitrogen and oxygen atoms in total. The summed E-state index contributed by atoms with van der Waals surface area (Å²) in [5.41, 5.74) is 9.37. The second kappa shape index (κ2) is 9.50. The van der Waals surface area contributed by atoms with Crippen LogP contribution in [0.5, 0.6) is 5.75 Å². The van der Waals surface area contributed by atoms with Gasteiger partial charge in [-0.25, -0.2) is 0 Å². The predicted octanol–water partition coefficient (Wildman–Crippen LogP) is 10.6. The van der Waals surface area contributed by atoms with Gasteiger partial charge in [-0.3, -0.25) is 0 Å². The number of benzene rings is 7. The third kappa shape index (κ3) is 3.44. The van der Waals surface area contributed by atoms with Crippen molar-refractivity contribution in [3.8, 4) is 17.1 Å². The molecule has 0 fully saturated rings.